The number of benzene rings is 1. The van der Waals surface area contributed by atoms with Crippen LogP contribution in [0.1, 0.15) is 37.9 Å². The van der Waals surface area contributed by atoms with Crippen LogP contribution in [-0.2, 0) is 0 Å². The van der Waals surface area contributed by atoms with Crippen molar-refractivity contribution in [1.29, 1.82) is 0 Å². The van der Waals surface area contributed by atoms with E-state index in [2.05, 4.69) is 39.5 Å². The quantitative estimate of drug-likeness (QED) is 0.758. The molecule has 2 N–H and O–H groups in total. The Morgan fingerprint density at radius 1 is 1.36 bits per heavy atom. The molecule has 76 valence electrons. The highest BCUT2D eigenvalue weighted by Gasteiger charge is 2.21. The largest absolute Gasteiger partial charge is 0.324 e. The second kappa shape index (κ2) is 3.97. The third-order valence-electron chi connectivity index (χ3n) is 2.44. The van der Waals surface area contributed by atoms with Crippen LogP contribution in [0, 0.1) is 5.41 Å². The first-order valence-electron chi connectivity index (χ1n) is 4.93. The van der Waals surface area contributed by atoms with Crippen molar-refractivity contribution in [3.05, 3.63) is 42.0 Å². The molecule has 0 aliphatic heterocycles. The molecule has 0 aliphatic rings. The Morgan fingerprint density at radius 2 is 2.00 bits per heavy atom. The third kappa shape index (κ3) is 2.46. The topological polar surface area (TPSA) is 26.0 Å². The predicted octanol–water partition coefficient (Wildman–Crippen LogP) is 3.38. The van der Waals surface area contributed by atoms with Gasteiger partial charge < -0.3 is 5.73 Å². The lowest BCUT2D eigenvalue weighted by Crippen LogP contribution is -2.26. The lowest BCUT2D eigenvalue weighted by atomic mass is 9.83. The van der Waals surface area contributed by atoms with Crippen LogP contribution < -0.4 is 5.73 Å². The first-order chi connectivity index (χ1) is 6.45. The van der Waals surface area contributed by atoms with Crippen LogP contribution in [0.2, 0.25) is 0 Å². The van der Waals surface area contributed by atoms with Gasteiger partial charge in [0.05, 0.1) is 0 Å². The fraction of sp³-hybridized carbons (Fsp3) is 0.385. The van der Waals surface area contributed by atoms with Gasteiger partial charge in [-0.15, -0.1) is 0 Å². The van der Waals surface area contributed by atoms with Crippen molar-refractivity contribution in [2.75, 3.05) is 0 Å². The van der Waals surface area contributed by atoms with Crippen LogP contribution in [0.5, 0.6) is 0 Å². The molecule has 0 aromatic heterocycles. The summed E-state index contributed by atoms with van der Waals surface area (Å²) in [7, 11) is 0. The Morgan fingerprint density at radius 3 is 2.50 bits per heavy atom. The lowest BCUT2D eigenvalue weighted by Gasteiger charge is -2.27. The average molecular weight is 189 g/mol. The minimum Gasteiger partial charge on any atom is -0.324 e. The van der Waals surface area contributed by atoms with Crippen LogP contribution >= 0.6 is 0 Å². The van der Waals surface area contributed by atoms with Gasteiger partial charge in [0.15, 0.2) is 0 Å². The summed E-state index contributed by atoms with van der Waals surface area (Å²) in [6.07, 6.45) is 1.85. The molecular formula is C13H19N. The smallest absolute Gasteiger partial charge is 0.0344 e. The highest BCUT2D eigenvalue weighted by molar-refractivity contribution is 5.48. The summed E-state index contributed by atoms with van der Waals surface area (Å²) >= 11 is 0. The molecule has 1 nitrogen and oxygen atoms in total. The fourth-order valence-corrected chi connectivity index (χ4v) is 1.38. The van der Waals surface area contributed by atoms with Gasteiger partial charge in [0, 0.05) is 6.04 Å². The predicted molar refractivity (Wildman–Crippen MR) is 62.9 cm³/mol. The van der Waals surface area contributed by atoms with E-state index in [4.69, 9.17) is 5.73 Å². The van der Waals surface area contributed by atoms with Gasteiger partial charge >= 0.3 is 0 Å². The van der Waals surface area contributed by atoms with E-state index in [0.29, 0.717) is 0 Å². The Labute approximate surface area is 86.6 Å². The molecule has 0 saturated carbocycles. The summed E-state index contributed by atoms with van der Waals surface area (Å²) < 4.78 is 0. The molecule has 1 atom stereocenters. The van der Waals surface area contributed by atoms with E-state index in [-0.39, 0.29) is 11.5 Å². The van der Waals surface area contributed by atoms with Gasteiger partial charge in [-0.2, -0.15) is 0 Å². The second-order valence-electron chi connectivity index (χ2n) is 4.72. The number of hydrogen-bond donors (Lipinski definition) is 1. The lowest BCUT2D eigenvalue weighted by molar-refractivity contribution is 0.327. The summed E-state index contributed by atoms with van der Waals surface area (Å²) in [6.45, 7) is 10.2. The maximum Gasteiger partial charge on any atom is 0.0344 e. The summed E-state index contributed by atoms with van der Waals surface area (Å²) in [4.78, 5) is 0. The van der Waals surface area contributed by atoms with Crippen molar-refractivity contribution in [2.24, 2.45) is 11.1 Å². The molecule has 1 aromatic carbocycles. The number of nitrogens with two attached hydrogens (primary N) is 1. The zero-order valence-electron chi connectivity index (χ0n) is 9.25. The molecule has 0 heterocycles. The molecule has 1 rings (SSSR count). The average Bonchev–Trinajstić information content (AvgIpc) is 2.15. The molecule has 0 aliphatic carbocycles. The highest BCUT2D eigenvalue weighted by atomic mass is 14.7. The number of hydrogen-bond acceptors (Lipinski definition) is 1. The van der Waals surface area contributed by atoms with Crippen LogP contribution in [0.4, 0.5) is 0 Å². The molecule has 14 heavy (non-hydrogen) atoms. The monoisotopic (exact) mass is 189 g/mol. The summed E-state index contributed by atoms with van der Waals surface area (Å²) in [5.74, 6) is 0. The summed E-state index contributed by atoms with van der Waals surface area (Å²) in [6, 6.07) is 8.30. The van der Waals surface area contributed by atoms with Gasteiger partial charge in [0.2, 0.25) is 0 Å². The van der Waals surface area contributed by atoms with Crippen molar-refractivity contribution in [3.63, 3.8) is 0 Å². The Bertz CT molecular complexity index is 320. The van der Waals surface area contributed by atoms with E-state index in [9.17, 15) is 0 Å². The zero-order valence-corrected chi connectivity index (χ0v) is 9.25. The van der Waals surface area contributed by atoms with Crippen LogP contribution in [-0.4, -0.2) is 0 Å². The van der Waals surface area contributed by atoms with E-state index in [1.165, 1.54) is 5.56 Å². The Hall–Kier alpha value is -1.08. The molecule has 0 amide bonds. The molecule has 0 spiro atoms. The third-order valence-corrected chi connectivity index (χ3v) is 2.44. The van der Waals surface area contributed by atoms with Crippen LogP contribution in [0.15, 0.2) is 30.8 Å². The maximum absolute atomic E-state index is 6.16. The molecule has 0 saturated heterocycles. The van der Waals surface area contributed by atoms with Gasteiger partial charge in [-0.05, 0) is 16.5 Å². The van der Waals surface area contributed by atoms with Crippen molar-refractivity contribution >= 4 is 6.08 Å². The van der Waals surface area contributed by atoms with Crippen LogP contribution in [0.25, 0.3) is 6.08 Å². The normalized spacial score (nSPS) is 13.7. The standard InChI is InChI=1S/C13H19N/c1-5-10-7-6-8-11(9-10)12(14)13(2,3)4/h5-9,12H,1,14H2,2-4H3. The minimum atomic E-state index is 0.0717. The van der Waals surface area contributed by atoms with E-state index in [0.717, 1.165) is 5.56 Å². The van der Waals surface area contributed by atoms with Crippen molar-refractivity contribution < 1.29 is 0 Å². The van der Waals surface area contributed by atoms with E-state index in [1.54, 1.807) is 0 Å². The van der Waals surface area contributed by atoms with E-state index < -0.39 is 0 Å². The van der Waals surface area contributed by atoms with Gasteiger partial charge in [-0.1, -0.05) is 57.7 Å². The Balaban J connectivity index is 3.01. The van der Waals surface area contributed by atoms with Gasteiger partial charge in [-0.25, -0.2) is 0 Å². The molecule has 1 heteroatoms. The minimum absolute atomic E-state index is 0.0717. The van der Waals surface area contributed by atoms with E-state index in [1.807, 2.05) is 18.2 Å². The fourth-order valence-electron chi connectivity index (χ4n) is 1.38. The summed E-state index contributed by atoms with van der Waals surface area (Å²) in [5.41, 5.74) is 8.56. The molecule has 1 unspecified atom stereocenters. The van der Waals surface area contributed by atoms with Gasteiger partial charge in [0.25, 0.3) is 0 Å². The molecule has 0 bridgehead atoms. The molecule has 0 radical (unpaired) electrons. The van der Waals surface area contributed by atoms with Crippen molar-refractivity contribution in [2.45, 2.75) is 26.8 Å². The Kier molecular flexibility index (Phi) is 3.12. The SMILES string of the molecule is C=Cc1cccc(C(N)C(C)(C)C)c1. The molecule has 0 fully saturated rings. The first kappa shape index (κ1) is 11.0. The van der Waals surface area contributed by atoms with Gasteiger partial charge in [0.1, 0.15) is 0 Å². The molecule has 1 aromatic rings. The zero-order chi connectivity index (χ0) is 10.8. The summed E-state index contributed by atoms with van der Waals surface area (Å²) in [5, 5.41) is 0. The first-order valence-corrected chi connectivity index (χ1v) is 4.93. The van der Waals surface area contributed by atoms with Crippen molar-refractivity contribution in [3.8, 4) is 0 Å². The highest BCUT2D eigenvalue weighted by Crippen LogP contribution is 2.30. The van der Waals surface area contributed by atoms with Crippen LogP contribution in [0.3, 0.4) is 0 Å². The molecular weight excluding hydrogens is 170 g/mol. The van der Waals surface area contributed by atoms with Gasteiger partial charge in [-0.3, -0.25) is 0 Å². The second-order valence-corrected chi connectivity index (χ2v) is 4.72. The van der Waals surface area contributed by atoms with E-state index >= 15 is 0 Å². The van der Waals surface area contributed by atoms with Crippen molar-refractivity contribution in [1.82, 2.24) is 0 Å². The number of rotatable bonds is 2. The maximum atomic E-state index is 6.16.